The molecule has 1 amide bonds. The van der Waals surface area contributed by atoms with Crippen molar-refractivity contribution in [3.63, 3.8) is 0 Å². The molecule has 1 atom stereocenters. The van der Waals surface area contributed by atoms with Gasteiger partial charge in [-0.3, -0.25) is 14.9 Å². The number of aromatic amines is 1. The minimum absolute atomic E-state index is 0.00978. The number of carbonyl (C=O) groups is 1. The van der Waals surface area contributed by atoms with E-state index in [2.05, 4.69) is 20.5 Å². The van der Waals surface area contributed by atoms with E-state index in [0.29, 0.717) is 11.4 Å². The van der Waals surface area contributed by atoms with Crippen molar-refractivity contribution in [1.29, 1.82) is 0 Å². The minimum Gasteiger partial charge on any atom is -0.497 e. The molecule has 2 heterocycles. The van der Waals surface area contributed by atoms with Gasteiger partial charge in [0.25, 0.3) is 5.91 Å². The Morgan fingerprint density at radius 2 is 2.08 bits per heavy atom. The molecular formula is C19H20N4O2. The predicted octanol–water partition coefficient (Wildman–Crippen LogP) is 2.84. The molecular weight excluding hydrogens is 316 g/mol. The lowest BCUT2D eigenvalue weighted by molar-refractivity contribution is 0.0935. The Balaban J connectivity index is 1.63. The molecule has 0 aliphatic heterocycles. The Labute approximate surface area is 146 Å². The molecule has 0 aliphatic carbocycles. The van der Waals surface area contributed by atoms with Crippen molar-refractivity contribution in [3.8, 4) is 17.0 Å². The van der Waals surface area contributed by atoms with E-state index < -0.39 is 0 Å². The van der Waals surface area contributed by atoms with Crippen molar-refractivity contribution in [3.05, 3.63) is 66.1 Å². The van der Waals surface area contributed by atoms with E-state index in [-0.39, 0.29) is 11.9 Å². The molecule has 0 bridgehead atoms. The van der Waals surface area contributed by atoms with Crippen molar-refractivity contribution < 1.29 is 9.53 Å². The Kier molecular flexibility index (Phi) is 5.09. The molecule has 1 unspecified atom stereocenters. The number of methoxy groups -OCH3 is 1. The van der Waals surface area contributed by atoms with E-state index >= 15 is 0 Å². The van der Waals surface area contributed by atoms with Gasteiger partial charge >= 0.3 is 0 Å². The van der Waals surface area contributed by atoms with Gasteiger partial charge in [-0.05, 0) is 55.3 Å². The van der Waals surface area contributed by atoms with Gasteiger partial charge in [0, 0.05) is 24.0 Å². The summed E-state index contributed by atoms with van der Waals surface area (Å²) in [5, 5.41) is 9.98. The van der Waals surface area contributed by atoms with Crippen molar-refractivity contribution in [1.82, 2.24) is 20.5 Å². The Bertz CT molecular complexity index is 828. The summed E-state index contributed by atoms with van der Waals surface area (Å²) in [7, 11) is 1.62. The monoisotopic (exact) mass is 336 g/mol. The number of hydrogen-bond donors (Lipinski definition) is 2. The summed E-state index contributed by atoms with van der Waals surface area (Å²) in [5.74, 6) is 0.602. The highest BCUT2D eigenvalue weighted by Gasteiger charge is 2.14. The van der Waals surface area contributed by atoms with E-state index in [1.807, 2.05) is 43.3 Å². The summed E-state index contributed by atoms with van der Waals surface area (Å²) < 4.78 is 5.14. The van der Waals surface area contributed by atoms with Gasteiger partial charge in [0.05, 0.1) is 12.8 Å². The summed E-state index contributed by atoms with van der Waals surface area (Å²) in [5.41, 5.74) is 3.15. The fraction of sp³-hybridized carbons (Fsp3) is 0.211. The lowest BCUT2D eigenvalue weighted by Gasteiger charge is -2.12. The zero-order valence-corrected chi connectivity index (χ0v) is 14.2. The molecule has 3 aromatic rings. The van der Waals surface area contributed by atoms with E-state index in [1.165, 1.54) is 0 Å². The maximum absolute atomic E-state index is 12.4. The average Bonchev–Trinajstić information content (AvgIpc) is 3.13. The van der Waals surface area contributed by atoms with E-state index in [9.17, 15) is 4.79 Å². The fourth-order valence-corrected chi connectivity index (χ4v) is 2.57. The second kappa shape index (κ2) is 7.61. The first-order valence-corrected chi connectivity index (χ1v) is 8.05. The molecule has 0 fully saturated rings. The summed E-state index contributed by atoms with van der Waals surface area (Å²) in [4.78, 5) is 16.5. The third kappa shape index (κ3) is 4.23. The first-order chi connectivity index (χ1) is 12.2. The molecule has 6 heteroatoms. The number of pyridine rings is 1. The lowest BCUT2D eigenvalue weighted by atomic mass is 10.1. The largest absolute Gasteiger partial charge is 0.497 e. The number of benzene rings is 1. The quantitative estimate of drug-likeness (QED) is 0.725. The third-order valence-corrected chi connectivity index (χ3v) is 3.85. The molecule has 3 rings (SSSR count). The fourth-order valence-electron chi connectivity index (χ4n) is 2.57. The first kappa shape index (κ1) is 16.7. The second-order valence-corrected chi connectivity index (χ2v) is 5.84. The van der Waals surface area contributed by atoms with E-state index in [1.54, 1.807) is 25.6 Å². The first-order valence-electron chi connectivity index (χ1n) is 8.05. The molecule has 0 spiro atoms. The number of ether oxygens (including phenoxy) is 1. The van der Waals surface area contributed by atoms with Crippen LogP contribution in [0, 0.1) is 0 Å². The van der Waals surface area contributed by atoms with Crippen molar-refractivity contribution in [2.45, 2.75) is 19.4 Å². The van der Waals surface area contributed by atoms with E-state index in [0.717, 1.165) is 23.3 Å². The van der Waals surface area contributed by atoms with Crippen LogP contribution in [0.15, 0.2) is 54.9 Å². The van der Waals surface area contributed by atoms with Crippen LogP contribution in [0.2, 0.25) is 0 Å². The van der Waals surface area contributed by atoms with Gasteiger partial charge in [0.1, 0.15) is 11.4 Å². The Morgan fingerprint density at radius 1 is 1.28 bits per heavy atom. The van der Waals surface area contributed by atoms with Gasteiger partial charge < -0.3 is 10.1 Å². The summed E-state index contributed by atoms with van der Waals surface area (Å²) >= 11 is 0. The molecule has 0 saturated carbocycles. The highest BCUT2D eigenvalue weighted by molar-refractivity contribution is 5.93. The van der Waals surface area contributed by atoms with Gasteiger partial charge in [0.15, 0.2) is 0 Å². The highest BCUT2D eigenvalue weighted by atomic mass is 16.5. The number of aromatic nitrogens is 3. The van der Waals surface area contributed by atoms with Crippen LogP contribution in [0.5, 0.6) is 5.75 Å². The molecule has 1 aromatic carbocycles. The zero-order valence-electron chi connectivity index (χ0n) is 14.2. The number of H-pyrrole nitrogens is 1. The summed E-state index contributed by atoms with van der Waals surface area (Å²) in [6, 6.07) is 13.1. The van der Waals surface area contributed by atoms with Crippen molar-refractivity contribution >= 4 is 5.91 Å². The number of amides is 1. The summed E-state index contributed by atoms with van der Waals surface area (Å²) in [6.45, 7) is 1.96. The van der Waals surface area contributed by atoms with Gasteiger partial charge in [-0.2, -0.15) is 5.10 Å². The van der Waals surface area contributed by atoms with Crippen LogP contribution in [0.1, 0.15) is 23.0 Å². The van der Waals surface area contributed by atoms with Gasteiger partial charge in [0.2, 0.25) is 0 Å². The van der Waals surface area contributed by atoms with Crippen LogP contribution in [0.25, 0.3) is 11.3 Å². The minimum atomic E-state index is -0.177. The van der Waals surface area contributed by atoms with Crippen LogP contribution in [-0.4, -0.2) is 34.2 Å². The maximum atomic E-state index is 12.4. The molecule has 6 nitrogen and oxygen atoms in total. The maximum Gasteiger partial charge on any atom is 0.269 e. The van der Waals surface area contributed by atoms with Crippen LogP contribution >= 0.6 is 0 Å². The van der Waals surface area contributed by atoms with Gasteiger partial charge in [-0.1, -0.05) is 6.07 Å². The molecule has 0 radical (unpaired) electrons. The van der Waals surface area contributed by atoms with E-state index in [4.69, 9.17) is 4.74 Å². The zero-order chi connectivity index (χ0) is 17.6. The number of carbonyl (C=O) groups excluding carboxylic acids is 1. The SMILES string of the molecule is COc1ccc(-c2cc(C(=O)NC(C)Cc3cccnc3)[nH]n2)cc1. The van der Waals surface area contributed by atoms with Crippen LogP contribution < -0.4 is 10.1 Å². The Morgan fingerprint density at radius 3 is 2.76 bits per heavy atom. The topological polar surface area (TPSA) is 79.9 Å². The van der Waals surface area contributed by atoms with Crippen molar-refractivity contribution in [2.24, 2.45) is 0 Å². The predicted molar refractivity (Wildman–Crippen MR) is 95.4 cm³/mol. The number of nitrogens with zero attached hydrogens (tertiary/aromatic N) is 2. The average molecular weight is 336 g/mol. The summed E-state index contributed by atoms with van der Waals surface area (Å²) in [6.07, 6.45) is 4.26. The third-order valence-electron chi connectivity index (χ3n) is 3.85. The van der Waals surface area contributed by atoms with Crippen LogP contribution in [-0.2, 0) is 6.42 Å². The smallest absolute Gasteiger partial charge is 0.269 e. The normalized spacial score (nSPS) is 11.8. The molecule has 0 saturated heterocycles. The highest BCUT2D eigenvalue weighted by Crippen LogP contribution is 2.21. The molecule has 2 N–H and O–H groups in total. The van der Waals surface area contributed by atoms with Crippen LogP contribution in [0.3, 0.4) is 0 Å². The molecule has 0 aliphatic rings. The van der Waals surface area contributed by atoms with Gasteiger partial charge in [-0.25, -0.2) is 0 Å². The second-order valence-electron chi connectivity index (χ2n) is 5.84. The molecule has 128 valence electrons. The standard InChI is InChI=1S/C19H20N4O2/c1-13(10-14-4-3-9-20-12-14)21-19(24)18-11-17(22-23-18)15-5-7-16(25-2)8-6-15/h3-9,11-13H,10H2,1-2H3,(H,21,24)(H,22,23). The number of hydrogen-bond acceptors (Lipinski definition) is 4. The lowest BCUT2D eigenvalue weighted by Crippen LogP contribution is -2.34. The molecule has 2 aromatic heterocycles. The van der Waals surface area contributed by atoms with Crippen molar-refractivity contribution in [2.75, 3.05) is 7.11 Å². The number of rotatable bonds is 6. The molecule has 25 heavy (non-hydrogen) atoms. The Hall–Kier alpha value is -3.15. The number of nitrogens with one attached hydrogen (secondary N) is 2. The van der Waals surface area contributed by atoms with Crippen LogP contribution in [0.4, 0.5) is 0 Å². The van der Waals surface area contributed by atoms with Gasteiger partial charge in [-0.15, -0.1) is 0 Å².